The summed E-state index contributed by atoms with van der Waals surface area (Å²) >= 11 is 3.79. The first kappa shape index (κ1) is 63.1. The van der Waals surface area contributed by atoms with Crippen molar-refractivity contribution >= 4 is 84.4 Å². The van der Waals surface area contributed by atoms with E-state index >= 15 is 0 Å². The van der Waals surface area contributed by atoms with E-state index in [1.54, 1.807) is 12.4 Å². The van der Waals surface area contributed by atoms with E-state index in [0.717, 1.165) is 57.5 Å². The van der Waals surface area contributed by atoms with E-state index in [4.69, 9.17) is 9.98 Å². The monoisotopic (exact) mass is 1170 g/mol. The molecular weight excluding hydrogens is 1090 g/mol. The van der Waals surface area contributed by atoms with Gasteiger partial charge in [-0.25, -0.2) is 0 Å². The molecule has 0 unspecified atom stereocenters. The predicted molar refractivity (Wildman–Crippen MR) is 348 cm³/mol. The van der Waals surface area contributed by atoms with Crippen molar-refractivity contribution in [2.45, 2.75) is 115 Å². The number of phenols is 2. The van der Waals surface area contributed by atoms with Crippen molar-refractivity contribution in [3.8, 4) is 11.5 Å². The molecule has 0 bridgehead atoms. The molecule has 0 fully saturated rings. The topological polar surface area (TPSA) is 65.2 Å². The maximum atomic E-state index is 11.1. The van der Waals surface area contributed by atoms with E-state index in [1.165, 1.54) is 42.1 Å². The zero-order valence-corrected chi connectivity index (χ0v) is 55.1. The molecule has 2 N–H and O–H groups in total. The average molecular weight is 1170 g/mol. The van der Waals surface area contributed by atoms with Crippen molar-refractivity contribution in [3.05, 3.63) is 228 Å². The fraction of sp³-hybridized carbons (Fsp3) is 0.286. The minimum Gasteiger partial charge on any atom is -0.507 e. The first-order valence-corrected chi connectivity index (χ1v) is 32.1. The van der Waals surface area contributed by atoms with E-state index in [1.807, 2.05) is 23.5 Å². The van der Waals surface area contributed by atoms with Crippen LogP contribution in [0.25, 0.3) is 0 Å². The van der Waals surface area contributed by atoms with Crippen molar-refractivity contribution in [1.29, 1.82) is 0 Å². The first-order chi connectivity index (χ1) is 37.0. The minimum atomic E-state index is -0.379. The van der Waals surface area contributed by atoms with E-state index < -0.39 is 0 Å². The summed E-state index contributed by atoms with van der Waals surface area (Å²) in [6.07, 6.45) is 5.87. The normalized spacial score (nSPS) is 12.2. The number of hydrogen-bond donors (Lipinski definition) is 2. The Labute approximate surface area is 497 Å². The van der Waals surface area contributed by atoms with Crippen LogP contribution in [-0.2, 0) is 41.1 Å². The molecule has 0 spiro atoms. The molecule has 0 aliphatic carbocycles. The molecule has 406 valence electrons. The Morgan fingerprint density at radius 1 is 0.380 bits per heavy atom. The van der Waals surface area contributed by atoms with Gasteiger partial charge in [-0.05, 0) is 143 Å². The summed E-state index contributed by atoms with van der Waals surface area (Å²) in [6.45, 7) is 26.0. The quantitative estimate of drug-likeness (QED) is 0.0438. The Balaban J connectivity index is 0.000000252. The molecule has 0 aliphatic rings. The molecule has 8 rings (SSSR count). The first-order valence-electron chi connectivity index (χ1n) is 27.1. The van der Waals surface area contributed by atoms with Gasteiger partial charge in [-0.3, -0.25) is 9.98 Å². The van der Waals surface area contributed by atoms with Crippen molar-refractivity contribution in [2.24, 2.45) is 9.98 Å². The number of hydrogen-bond acceptors (Lipinski definition) is 6. The van der Waals surface area contributed by atoms with E-state index in [0.29, 0.717) is 11.5 Å². The fourth-order valence-corrected chi connectivity index (χ4v) is 15.9. The van der Waals surface area contributed by atoms with Crippen LogP contribution in [0.2, 0.25) is 0 Å². The van der Waals surface area contributed by atoms with Gasteiger partial charge in [-0.2, -0.15) is 0 Å². The van der Waals surface area contributed by atoms with Gasteiger partial charge in [-0.15, -0.1) is 23.5 Å². The molecule has 0 radical (unpaired) electrons. The van der Waals surface area contributed by atoms with Crippen molar-refractivity contribution in [1.82, 2.24) is 0 Å². The van der Waals surface area contributed by atoms with Gasteiger partial charge in [0.05, 0.1) is 11.4 Å². The standard InChI is InChI=1S/2C35H40NOPS.Zn/c2*1-34(2,3)27-23-26(33(37)32(24-27)35(4,5)6)25-36-28-17-19-31(20-18-28)39-22-21-38(29-13-9-7-10-14-29)30-15-11-8-12-16-30;/h2*7-20,23-25,37H,21-22H2,1-6H3;. The molecule has 79 heavy (non-hydrogen) atoms. The van der Waals surface area contributed by atoms with Gasteiger partial charge in [0.2, 0.25) is 0 Å². The maximum Gasteiger partial charge on any atom is 0.128 e. The number of aromatic hydroxyl groups is 2. The van der Waals surface area contributed by atoms with Gasteiger partial charge in [0.25, 0.3) is 0 Å². The van der Waals surface area contributed by atoms with Crippen LogP contribution in [0.15, 0.2) is 214 Å². The maximum absolute atomic E-state index is 11.1. The molecule has 8 aromatic carbocycles. The Kier molecular flexibility index (Phi) is 22.8. The van der Waals surface area contributed by atoms with Crippen LogP contribution in [0, 0.1) is 0 Å². The van der Waals surface area contributed by atoms with Crippen LogP contribution in [0.1, 0.15) is 116 Å². The van der Waals surface area contributed by atoms with Crippen LogP contribution >= 0.6 is 39.4 Å². The SMILES string of the molecule is CC(C)(C)c1cc(C=Nc2ccc(SCCP(c3ccccc3)c3ccccc3)cc2)c(O)c(C(C)(C)C)c1.CC(C)(C)c1cc(C=Nc2ccc(SCCP(c3ccccc3)c3ccccc3)cc2)c(O)c(C(C)(C)C)c1.[Zn]. The molecule has 8 aromatic rings. The summed E-state index contributed by atoms with van der Waals surface area (Å²) in [5.41, 5.74) is 7.25. The number of thioether (sulfide) groups is 2. The third-order valence-electron chi connectivity index (χ3n) is 13.4. The van der Waals surface area contributed by atoms with Gasteiger partial charge in [0.1, 0.15) is 11.5 Å². The molecule has 9 heteroatoms. The Bertz CT molecular complexity index is 2920. The largest absolute Gasteiger partial charge is 0.507 e. The molecule has 0 aliphatic heterocycles. The Morgan fingerprint density at radius 3 is 0.911 bits per heavy atom. The van der Waals surface area contributed by atoms with Gasteiger partial charge in [0.15, 0.2) is 0 Å². The third kappa shape index (κ3) is 18.5. The van der Waals surface area contributed by atoms with Crippen molar-refractivity contribution in [2.75, 3.05) is 23.8 Å². The Morgan fingerprint density at radius 2 is 0.658 bits per heavy atom. The molecule has 0 amide bonds. The van der Waals surface area contributed by atoms with Gasteiger partial charge < -0.3 is 10.2 Å². The van der Waals surface area contributed by atoms with Crippen LogP contribution in [0.4, 0.5) is 11.4 Å². The molecule has 4 nitrogen and oxygen atoms in total. The number of rotatable bonds is 16. The second-order valence-corrected chi connectivity index (χ2v) is 30.8. The number of phenolic OH excluding ortho intramolecular Hbond substituents is 2. The van der Waals surface area contributed by atoms with Gasteiger partial charge in [-0.1, -0.05) is 217 Å². The summed E-state index contributed by atoms with van der Waals surface area (Å²) in [5.74, 6) is 2.75. The molecular formula is C70H80N2O2P2S2Zn. The molecule has 0 saturated carbocycles. The van der Waals surface area contributed by atoms with Crippen LogP contribution in [-0.4, -0.2) is 46.5 Å². The summed E-state index contributed by atoms with van der Waals surface area (Å²) in [4.78, 5) is 11.9. The third-order valence-corrected chi connectivity index (χ3v) is 21.1. The van der Waals surface area contributed by atoms with Crippen LogP contribution in [0.3, 0.4) is 0 Å². The zero-order chi connectivity index (χ0) is 56.1. The molecule has 0 atom stereocenters. The minimum absolute atomic E-state index is 0. The number of benzene rings is 8. The summed E-state index contributed by atoms with van der Waals surface area (Å²) < 4.78 is 0. The van der Waals surface area contributed by atoms with Crippen LogP contribution in [0.5, 0.6) is 11.5 Å². The number of nitrogens with zero attached hydrogens (tertiary/aromatic N) is 2. The molecule has 0 saturated heterocycles. The fourth-order valence-electron chi connectivity index (χ4n) is 8.82. The summed E-state index contributed by atoms with van der Waals surface area (Å²) in [6, 6.07) is 68.8. The summed E-state index contributed by atoms with van der Waals surface area (Å²) in [7, 11) is -0.757. The second-order valence-electron chi connectivity index (χ2n) is 23.8. The van der Waals surface area contributed by atoms with E-state index in [9.17, 15) is 10.2 Å². The van der Waals surface area contributed by atoms with E-state index in [-0.39, 0.29) is 57.0 Å². The summed E-state index contributed by atoms with van der Waals surface area (Å²) in [5, 5.41) is 27.8. The molecule has 0 heterocycles. The second kappa shape index (κ2) is 28.5. The average Bonchev–Trinajstić information content (AvgIpc) is 3.43. The Hall–Kier alpha value is -5.12. The predicted octanol–water partition coefficient (Wildman–Crippen LogP) is 17.9. The van der Waals surface area contributed by atoms with Crippen molar-refractivity contribution in [3.63, 3.8) is 0 Å². The van der Waals surface area contributed by atoms with Crippen molar-refractivity contribution < 1.29 is 29.7 Å². The van der Waals surface area contributed by atoms with Crippen LogP contribution < -0.4 is 21.2 Å². The van der Waals surface area contributed by atoms with E-state index in [2.05, 4.69) is 277 Å². The zero-order valence-electron chi connectivity index (χ0n) is 48.7. The van der Waals surface area contributed by atoms with Gasteiger partial charge >= 0.3 is 0 Å². The number of aliphatic imine (C=N–C) groups is 2. The molecule has 0 aromatic heterocycles. The van der Waals surface area contributed by atoms with Gasteiger partial charge in [0, 0.05) is 75.5 Å². The smallest absolute Gasteiger partial charge is 0.128 e.